The van der Waals surface area contributed by atoms with Gasteiger partial charge in [0, 0.05) is 11.8 Å². The van der Waals surface area contributed by atoms with E-state index in [1.807, 2.05) is 42.5 Å². The molecule has 2 heterocycles. The number of benzene rings is 2. The number of hydrogen-bond donors (Lipinski definition) is 0. The fraction of sp³-hybridized carbons (Fsp3) is 0.0909. The molecule has 0 atom stereocenters. The Kier molecular flexibility index (Phi) is 5.57. The Bertz CT molecular complexity index is 1060. The first kappa shape index (κ1) is 18.4. The lowest BCUT2D eigenvalue weighted by molar-refractivity contribution is 0.0470. The molecule has 0 saturated heterocycles. The highest BCUT2D eigenvalue weighted by Crippen LogP contribution is 2.25. The Morgan fingerprint density at radius 2 is 1.83 bits per heavy atom. The minimum atomic E-state index is -0.395. The van der Waals surface area contributed by atoms with Crippen molar-refractivity contribution in [3.05, 3.63) is 102 Å². The second kappa shape index (κ2) is 8.79. The van der Waals surface area contributed by atoms with Crippen LogP contribution in [0.4, 0.5) is 0 Å². The van der Waals surface area contributed by atoms with Crippen LogP contribution in [0.3, 0.4) is 0 Å². The highest BCUT2D eigenvalue weighted by atomic mass is 16.5. The Labute approximate surface area is 167 Å². The van der Waals surface area contributed by atoms with Gasteiger partial charge in [0.25, 0.3) is 0 Å². The second-order valence-electron chi connectivity index (χ2n) is 6.26. The maximum absolute atomic E-state index is 12.4. The Hall–Kier alpha value is -4.00. The molecule has 0 amide bonds. The van der Waals surface area contributed by atoms with E-state index in [9.17, 15) is 4.79 Å². The van der Waals surface area contributed by atoms with Crippen LogP contribution in [0.15, 0.2) is 85.7 Å². The van der Waals surface area contributed by atoms with Crippen LogP contribution in [0.25, 0.3) is 0 Å². The first-order valence-corrected chi connectivity index (χ1v) is 9.02. The van der Waals surface area contributed by atoms with Crippen LogP contribution < -0.4 is 4.74 Å². The van der Waals surface area contributed by atoms with E-state index in [1.165, 1.54) is 6.33 Å². The van der Waals surface area contributed by atoms with Crippen molar-refractivity contribution in [1.29, 1.82) is 0 Å². The number of aromatic nitrogens is 4. The molecule has 29 heavy (non-hydrogen) atoms. The molecule has 0 fully saturated rings. The van der Waals surface area contributed by atoms with Gasteiger partial charge < -0.3 is 9.47 Å². The lowest BCUT2D eigenvalue weighted by Crippen LogP contribution is -2.06. The maximum atomic E-state index is 12.4. The van der Waals surface area contributed by atoms with Gasteiger partial charge in [-0.15, -0.1) is 0 Å². The van der Waals surface area contributed by atoms with Crippen LogP contribution in [-0.4, -0.2) is 25.7 Å². The maximum Gasteiger partial charge on any atom is 0.338 e. The van der Waals surface area contributed by atoms with E-state index in [0.717, 1.165) is 11.1 Å². The van der Waals surface area contributed by atoms with Gasteiger partial charge >= 0.3 is 5.97 Å². The van der Waals surface area contributed by atoms with E-state index >= 15 is 0 Å². The van der Waals surface area contributed by atoms with E-state index in [-0.39, 0.29) is 6.61 Å². The SMILES string of the molecule is O=C(OCc1ccccc1Oc1cccnc1)c1ccc(Cn2cncn2)cc1. The van der Waals surface area contributed by atoms with Crippen molar-refractivity contribution in [2.45, 2.75) is 13.2 Å². The predicted molar refractivity (Wildman–Crippen MR) is 105 cm³/mol. The molecule has 0 aliphatic carbocycles. The van der Waals surface area contributed by atoms with Crippen LogP contribution in [0.1, 0.15) is 21.5 Å². The lowest BCUT2D eigenvalue weighted by atomic mass is 10.1. The second-order valence-corrected chi connectivity index (χ2v) is 6.26. The normalized spacial score (nSPS) is 10.5. The van der Waals surface area contributed by atoms with Crippen molar-refractivity contribution < 1.29 is 14.3 Å². The largest absolute Gasteiger partial charge is 0.457 e. The monoisotopic (exact) mass is 386 g/mol. The molecule has 2 aromatic carbocycles. The van der Waals surface area contributed by atoms with Gasteiger partial charge in [0.05, 0.1) is 18.3 Å². The van der Waals surface area contributed by atoms with E-state index in [2.05, 4.69) is 15.1 Å². The molecule has 7 nitrogen and oxygen atoms in total. The van der Waals surface area contributed by atoms with Gasteiger partial charge in [-0.25, -0.2) is 14.5 Å². The van der Waals surface area contributed by atoms with E-state index < -0.39 is 5.97 Å². The highest BCUT2D eigenvalue weighted by molar-refractivity contribution is 5.89. The number of nitrogens with zero attached hydrogens (tertiary/aromatic N) is 4. The molecule has 0 bridgehead atoms. The summed E-state index contributed by atoms with van der Waals surface area (Å²) < 4.78 is 13.0. The summed E-state index contributed by atoms with van der Waals surface area (Å²) in [5, 5.41) is 4.07. The van der Waals surface area contributed by atoms with Gasteiger partial charge in [0.15, 0.2) is 0 Å². The van der Waals surface area contributed by atoms with Crippen molar-refractivity contribution in [3.8, 4) is 11.5 Å². The fourth-order valence-corrected chi connectivity index (χ4v) is 2.73. The van der Waals surface area contributed by atoms with Crippen molar-refractivity contribution in [2.24, 2.45) is 0 Å². The van der Waals surface area contributed by atoms with Gasteiger partial charge in [-0.1, -0.05) is 30.3 Å². The van der Waals surface area contributed by atoms with Crippen LogP contribution in [0.5, 0.6) is 11.5 Å². The Morgan fingerprint density at radius 3 is 2.59 bits per heavy atom. The fourth-order valence-electron chi connectivity index (χ4n) is 2.73. The number of carbonyl (C=O) groups is 1. The van der Waals surface area contributed by atoms with Crippen LogP contribution in [0.2, 0.25) is 0 Å². The minimum absolute atomic E-state index is 0.107. The number of hydrogen-bond acceptors (Lipinski definition) is 6. The molecule has 4 rings (SSSR count). The molecule has 0 unspecified atom stereocenters. The van der Waals surface area contributed by atoms with Crippen LogP contribution >= 0.6 is 0 Å². The first-order valence-electron chi connectivity index (χ1n) is 9.02. The molecule has 0 spiro atoms. The lowest BCUT2D eigenvalue weighted by Gasteiger charge is -2.11. The molecule has 144 valence electrons. The quantitative estimate of drug-likeness (QED) is 0.449. The molecule has 0 aliphatic rings. The number of carbonyl (C=O) groups excluding carboxylic acids is 1. The predicted octanol–water partition coefficient (Wildman–Crippen LogP) is 3.87. The Balaban J connectivity index is 1.38. The summed E-state index contributed by atoms with van der Waals surface area (Å²) in [5.41, 5.74) is 2.27. The van der Waals surface area contributed by atoms with Gasteiger partial charge in [0.2, 0.25) is 0 Å². The highest BCUT2D eigenvalue weighted by Gasteiger charge is 2.11. The Morgan fingerprint density at radius 1 is 0.966 bits per heavy atom. The van der Waals surface area contributed by atoms with Crippen molar-refractivity contribution in [1.82, 2.24) is 19.7 Å². The summed E-state index contributed by atoms with van der Waals surface area (Å²) in [7, 11) is 0. The molecule has 7 heteroatoms. The van der Waals surface area contributed by atoms with E-state index in [1.54, 1.807) is 41.6 Å². The molecule has 2 aromatic heterocycles. The van der Waals surface area contributed by atoms with E-state index in [4.69, 9.17) is 9.47 Å². The summed E-state index contributed by atoms with van der Waals surface area (Å²) in [4.78, 5) is 20.4. The van der Waals surface area contributed by atoms with Crippen LogP contribution in [-0.2, 0) is 17.9 Å². The van der Waals surface area contributed by atoms with Gasteiger partial charge in [-0.2, -0.15) is 5.10 Å². The standard InChI is InChI=1S/C22H18N4O3/c27-22(18-9-7-17(8-10-18)13-26-16-24-15-25-26)28-14-19-4-1-2-6-21(19)29-20-5-3-11-23-12-20/h1-12,15-16H,13-14H2. The van der Waals surface area contributed by atoms with Crippen molar-refractivity contribution >= 4 is 5.97 Å². The summed E-state index contributed by atoms with van der Waals surface area (Å²) in [5.74, 6) is 0.846. The molecular formula is C22H18N4O3. The average molecular weight is 386 g/mol. The zero-order chi connectivity index (χ0) is 19.9. The molecule has 0 aliphatic heterocycles. The molecular weight excluding hydrogens is 368 g/mol. The zero-order valence-corrected chi connectivity index (χ0v) is 15.5. The molecule has 0 radical (unpaired) electrons. The van der Waals surface area contributed by atoms with Gasteiger partial charge in [-0.05, 0) is 35.9 Å². The zero-order valence-electron chi connectivity index (χ0n) is 15.5. The minimum Gasteiger partial charge on any atom is -0.457 e. The number of para-hydroxylation sites is 1. The van der Waals surface area contributed by atoms with Crippen molar-refractivity contribution in [3.63, 3.8) is 0 Å². The number of rotatable bonds is 7. The third-order valence-corrected chi connectivity index (χ3v) is 4.19. The number of esters is 1. The molecule has 0 N–H and O–H groups in total. The summed E-state index contributed by atoms with van der Waals surface area (Å²) in [6.07, 6.45) is 6.44. The first-order chi connectivity index (χ1) is 14.3. The smallest absolute Gasteiger partial charge is 0.338 e. The summed E-state index contributed by atoms with van der Waals surface area (Å²) >= 11 is 0. The average Bonchev–Trinajstić information content (AvgIpc) is 3.27. The van der Waals surface area contributed by atoms with Crippen molar-refractivity contribution in [2.75, 3.05) is 0 Å². The third-order valence-electron chi connectivity index (χ3n) is 4.19. The number of pyridine rings is 1. The van der Waals surface area contributed by atoms with Crippen LogP contribution in [0, 0.1) is 0 Å². The molecule has 0 saturated carbocycles. The third kappa shape index (κ3) is 4.84. The topological polar surface area (TPSA) is 79.1 Å². The van der Waals surface area contributed by atoms with Gasteiger partial charge in [-0.3, -0.25) is 4.98 Å². The van der Waals surface area contributed by atoms with Gasteiger partial charge in [0.1, 0.15) is 30.8 Å². The summed E-state index contributed by atoms with van der Waals surface area (Å²) in [6, 6.07) is 18.3. The van der Waals surface area contributed by atoms with E-state index in [0.29, 0.717) is 23.6 Å². The summed E-state index contributed by atoms with van der Waals surface area (Å²) in [6.45, 7) is 0.699. The number of ether oxygens (including phenoxy) is 2. The molecule has 4 aromatic rings.